The highest BCUT2D eigenvalue weighted by Crippen LogP contribution is 2.30. The number of anilines is 2. The van der Waals surface area contributed by atoms with Crippen LogP contribution in [0.3, 0.4) is 0 Å². The lowest BCUT2D eigenvalue weighted by Gasteiger charge is -2.22. The van der Waals surface area contributed by atoms with Gasteiger partial charge in [0.2, 0.25) is 15.9 Å². The van der Waals surface area contributed by atoms with Crippen LogP contribution in [0.1, 0.15) is 12.8 Å². The van der Waals surface area contributed by atoms with E-state index in [2.05, 4.69) is 5.32 Å². The largest absolute Gasteiger partial charge is 0.324 e. The molecule has 0 fully saturated rings. The third-order valence-electron chi connectivity index (χ3n) is 3.44. The number of hydrogen-bond donors (Lipinski definition) is 1. The van der Waals surface area contributed by atoms with Crippen molar-refractivity contribution in [2.24, 2.45) is 0 Å². The molecular weight excluding hydrogens is 383 g/mol. The fraction of sp³-hybridized carbons (Fsp3) is 0.235. The molecule has 0 radical (unpaired) electrons. The summed E-state index contributed by atoms with van der Waals surface area (Å²) in [6.45, 7) is 0.201. The molecule has 0 aliphatic heterocycles. The number of rotatable bonds is 7. The van der Waals surface area contributed by atoms with Crippen molar-refractivity contribution >= 4 is 50.5 Å². The minimum absolute atomic E-state index is 0.139. The lowest BCUT2D eigenvalue weighted by Crippen LogP contribution is -2.31. The second kappa shape index (κ2) is 8.56. The van der Waals surface area contributed by atoms with E-state index in [0.717, 1.165) is 6.26 Å². The Hall–Kier alpha value is -1.76. The van der Waals surface area contributed by atoms with Gasteiger partial charge >= 0.3 is 0 Å². The van der Waals surface area contributed by atoms with Crippen molar-refractivity contribution in [3.63, 3.8) is 0 Å². The molecule has 0 bridgehead atoms. The average molecular weight is 401 g/mol. The first-order valence-corrected chi connectivity index (χ1v) is 10.2. The number of carbonyl (C=O) groups excluding carboxylic acids is 1. The second-order valence-electron chi connectivity index (χ2n) is 5.42. The molecule has 0 spiro atoms. The molecule has 25 heavy (non-hydrogen) atoms. The highest BCUT2D eigenvalue weighted by Gasteiger charge is 2.17. The molecule has 8 heteroatoms. The van der Waals surface area contributed by atoms with Gasteiger partial charge in [-0.05, 0) is 30.7 Å². The van der Waals surface area contributed by atoms with Gasteiger partial charge in [0.1, 0.15) is 0 Å². The standard InChI is InChI=1S/C17H18Cl2N2O3S/c1-25(23,24)21(13-7-3-2-4-8-13)12-6-11-16(22)20-17-14(18)9-5-10-15(17)19/h2-5,7-10H,6,11-12H2,1H3,(H,20,22). The Morgan fingerprint density at radius 1 is 1.04 bits per heavy atom. The van der Waals surface area contributed by atoms with Crippen LogP contribution >= 0.6 is 23.2 Å². The number of para-hydroxylation sites is 2. The predicted molar refractivity (Wildman–Crippen MR) is 103 cm³/mol. The maximum absolute atomic E-state index is 12.1. The molecule has 0 aromatic heterocycles. The van der Waals surface area contributed by atoms with E-state index in [-0.39, 0.29) is 18.9 Å². The van der Waals surface area contributed by atoms with E-state index in [1.54, 1.807) is 42.5 Å². The van der Waals surface area contributed by atoms with Crippen molar-refractivity contribution in [1.82, 2.24) is 0 Å². The van der Waals surface area contributed by atoms with Crippen LogP contribution < -0.4 is 9.62 Å². The van der Waals surface area contributed by atoms with Crippen molar-refractivity contribution in [1.29, 1.82) is 0 Å². The molecule has 0 saturated carbocycles. The fourth-order valence-corrected chi connectivity index (χ4v) is 3.74. The first-order chi connectivity index (χ1) is 11.8. The third-order valence-corrected chi connectivity index (χ3v) is 5.26. The maximum Gasteiger partial charge on any atom is 0.232 e. The summed E-state index contributed by atoms with van der Waals surface area (Å²) in [7, 11) is -3.43. The molecule has 0 aliphatic rings. The Bertz CT molecular complexity index is 822. The van der Waals surface area contributed by atoms with E-state index in [9.17, 15) is 13.2 Å². The Morgan fingerprint density at radius 3 is 2.20 bits per heavy atom. The lowest BCUT2D eigenvalue weighted by molar-refractivity contribution is -0.116. The zero-order valence-electron chi connectivity index (χ0n) is 13.6. The Labute approximate surface area is 157 Å². The van der Waals surface area contributed by atoms with Gasteiger partial charge in [-0.2, -0.15) is 0 Å². The van der Waals surface area contributed by atoms with E-state index in [1.165, 1.54) is 4.31 Å². The first-order valence-electron chi connectivity index (χ1n) is 7.55. The summed E-state index contributed by atoms with van der Waals surface area (Å²) in [5.41, 5.74) is 0.929. The number of amides is 1. The van der Waals surface area contributed by atoms with Crippen LogP contribution in [0.2, 0.25) is 10.0 Å². The van der Waals surface area contributed by atoms with Gasteiger partial charge in [0, 0.05) is 13.0 Å². The molecule has 0 saturated heterocycles. The SMILES string of the molecule is CS(=O)(=O)N(CCCC(=O)Nc1c(Cl)cccc1Cl)c1ccccc1. The molecule has 0 atom stereocenters. The van der Waals surface area contributed by atoms with Crippen LogP contribution in [0.5, 0.6) is 0 Å². The van der Waals surface area contributed by atoms with Gasteiger partial charge < -0.3 is 5.32 Å². The number of sulfonamides is 1. The summed E-state index contributed by atoms with van der Waals surface area (Å²) >= 11 is 12.0. The molecule has 2 aromatic carbocycles. The molecule has 0 aliphatic carbocycles. The van der Waals surface area contributed by atoms with Crippen LogP contribution in [0.4, 0.5) is 11.4 Å². The maximum atomic E-state index is 12.1. The van der Waals surface area contributed by atoms with Crippen molar-refractivity contribution < 1.29 is 13.2 Å². The molecule has 1 amide bonds. The predicted octanol–water partition coefficient (Wildman–Crippen LogP) is 4.18. The normalized spacial score (nSPS) is 11.2. The molecule has 2 rings (SSSR count). The molecule has 1 N–H and O–H groups in total. The van der Waals surface area contributed by atoms with E-state index < -0.39 is 10.0 Å². The number of nitrogens with zero attached hydrogens (tertiary/aromatic N) is 1. The van der Waals surface area contributed by atoms with Crippen LogP contribution in [0.25, 0.3) is 0 Å². The summed E-state index contributed by atoms with van der Waals surface area (Å²) in [6.07, 6.45) is 1.64. The molecule has 134 valence electrons. The van der Waals surface area contributed by atoms with Crippen LogP contribution in [-0.4, -0.2) is 27.1 Å². The highest BCUT2D eigenvalue weighted by molar-refractivity contribution is 7.92. The third kappa shape index (κ3) is 5.63. The monoisotopic (exact) mass is 400 g/mol. The quantitative estimate of drug-likeness (QED) is 0.757. The number of halogens is 2. The van der Waals surface area contributed by atoms with Gasteiger partial charge in [0.15, 0.2) is 0 Å². The van der Waals surface area contributed by atoms with E-state index in [1.807, 2.05) is 6.07 Å². The van der Waals surface area contributed by atoms with Gasteiger partial charge in [0.25, 0.3) is 0 Å². The summed E-state index contributed by atoms with van der Waals surface area (Å²) in [4.78, 5) is 12.1. The second-order valence-corrected chi connectivity index (χ2v) is 8.14. The summed E-state index contributed by atoms with van der Waals surface area (Å²) in [5, 5.41) is 3.36. The first kappa shape index (κ1) is 19.6. The number of benzene rings is 2. The van der Waals surface area contributed by atoms with Gasteiger partial charge in [-0.1, -0.05) is 47.5 Å². The van der Waals surface area contributed by atoms with Crippen molar-refractivity contribution in [2.75, 3.05) is 22.4 Å². The number of hydrogen-bond acceptors (Lipinski definition) is 3. The van der Waals surface area contributed by atoms with E-state index in [4.69, 9.17) is 23.2 Å². The number of carbonyl (C=O) groups is 1. The summed E-state index contributed by atoms with van der Waals surface area (Å²) in [5.74, 6) is -0.281. The van der Waals surface area contributed by atoms with Gasteiger partial charge in [0.05, 0.1) is 27.7 Å². The minimum atomic E-state index is -3.43. The lowest BCUT2D eigenvalue weighted by atomic mass is 10.2. The Balaban J connectivity index is 1.97. The molecular formula is C17H18Cl2N2O3S. The minimum Gasteiger partial charge on any atom is -0.324 e. The van der Waals surface area contributed by atoms with Crippen LogP contribution in [0.15, 0.2) is 48.5 Å². The highest BCUT2D eigenvalue weighted by atomic mass is 35.5. The summed E-state index contributed by atoms with van der Waals surface area (Å²) in [6, 6.07) is 13.7. The van der Waals surface area contributed by atoms with Crippen molar-refractivity contribution in [3.05, 3.63) is 58.6 Å². The van der Waals surface area contributed by atoms with Crippen LogP contribution in [-0.2, 0) is 14.8 Å². The fourth-order valence-electron chi connectivity index (χ4n) is 2.28. The van der Waals surface area contributed by atoms with Crippen molar-refractivity contribution in [3.8, 4) is 0 Å². The van der Waals surface area contributed by atoms with Gasteiger partial charge in [-0.25, -0.2) is 8.42 Å². The molecule has 5 nitrogen and oxygen atoms in total. The molecule has 0 unspecified atom stereocenters. The molecule has 2 aromatic rings. The van der Waals surface area contributed by atoms with Gasteiger partial charge in [-0.15, -0.1) is 0 Å². The Kier molecular flexibility index (Phi) is 6.70. The Morgan fingerprint density at radius 2 is 1.64 bits per heavy atom. The smallest absolute Gasteiger partial charge is 0.232 e. The van der Waals surface area contributed by atoms with Crippen molar-refractivity contribution in [2.45, 2.75) is 12.8 Å². The molecule has 0 heterocycles. The van der Waals surface area contributed by atoms with E-state index in [0.29, 0.717) is 27.8 Å². The zero-order chi connectivity index (χ0) is 18.4. The number of nitrogens with one attached hydrogen (secondary N) is 1. The zero-order valence-corrected chi connectivity index (χ0v) is 15.9. The van der Waals surface area contributed by atoms with E-state index >= 15 is 0 Å². The van der Waals surface area contributed by atoms with Gasteiger partial charge in [-0.3, -0.25) is 9.10 Å². The topological polar surface area (TPSA) is 66.5 Å². The van der Waals surface area contributed by atoms with Crippen LogP contribution in [0, 0.1) is 0 Å². The average Bonchev–Trinajstić information content (AvgIpc) is 2.55. The summed E-state index contributed by atoms with van der Waals surface area (Å²) < 4.78 is 25.2.